The number of methoxy groups -OCH3 is 2. The van der Waals surface area contributed by atoms with Crippen LogP contribution in [0.5, 0.6) is 11.5 Å². The van der Waals surface area contributed by atoms with E-state index in [4.69, 9.17) is 9.47 Å². The van der Waals surface area contributed by atoms with E-state index in [0.29, 0.717) is 24.5 Å². The lowest BCUT2D eigenvalue weighted by Crippen LogP contribution is -2.48. The summed E-state index contributed by atoms with van der Waals surface area (Å²) in [7, 11) is 3.20. The number of aromatic nitrogens is 3. The predicted molar refractivity (Wildman–Crippen MR) is 155 cm³/mol. The van der Waals surface area contributed by atoms with E-state index in [-0.39, 0.29) is 24.4 Å². The molecule has 0 saturated heterocycles. The van der Waals surface area contributed by atoms with Crippen LogP contribution in [0.1, 0.15) is 48.6 Å². The van der Waals surface area contributed by atoms with E-state index >= 15 is 0 Å². The lowest BCUT2D eigenvalue weighted by atomic mass is 9.95. The van der Waals surface area contributed by atoms with Crippen molar-refractivity contribution in [1.29, 1.82) is 0 Å². The van der Waals surface area contributed by atoms with Gasteiger partial charge in [0.15, 0.2) is 11.5 Å². The molecule has 1 fully saturated rings. The van der Waals surface area contributed by atoms with Crippen molar-refractivity contribution >= 4 is 34.2 Å². The van der Waals surface area contributed by atoms with Gasteiger partial charge in [0.1, 0.15) is 18.1 Å². The van der Waals surface area contributed by atoms with Crippen molar-refractivity contribution in [2.24, 2.45) is 0 Å². The smallest absolute Gasteiger partial charge is 0.248 e. The molecule has 1 N–H and O–H groups in total. The maximum Gasteiger partial charge on any atom is 0.248 e. The third-order valence-electron chi connectivity index (χ3n) is 7.44. The van der Waals surface area contributed by atoms with Crippen LogP contribution in [-0.2, 0) is 22.6 Å². The van der Waals surface area contributed by atoms with Crippen LogP contribution in [0, 0.1) is 0 Å². The Labute approximate surface area is 238 Å². The van der Waals surface area contributed by atoms with Crippen molar-refractivity contribution in [2.45, 2.75) is 57.2 Å². The Bertz CT molecular complexity index is 1430. The van der Waals surface area contributed by atoms with Gasteiger partial charge in [0, 0.05) is 17.5 Å². The van der Waals surface area contributed by atoms with Crippen molar-refractivity contribution in [3.05, 3.63) is 70.4 Å². The van der Waals surface area contributed by atoms with E-state index in [1.807, 2.05) is 60.0 Å². The highest BCUT2D eigenvalue weighted by Crippen LogP contribution is 2.30. The van der Waals surface area contributed by atoms with Gasteiger partial charge in [-0.3, -0.25) is 9.59 Å². The number of para-hydroxylation sites is 1. The third-order valence-corrected chi connectivity index (χ3v) is 8.36. The lowest BCUT2D eigenvalue weighted by molar-refractivity contribution is -0.141. The Kier molecular flexibility index (Phi) is 8.95. The molecule has 1 aliphatic carbocycles. The molecular weight excluding hydrogens is 526 g/mol. The lowest BCUT2D eigenvalue weighted by Gasteiger charge is -2.33. The quantitative estimate of drug-likeness (QED) is 0.283. The Morgan fingerprint density at radius 2 is 1.85 bits per heavy atom. The molecule has 210 valence electrons. The first-order valence-electron chi connectivity index (χ1n) is 13.7. The van der Waals surface area contributed by atoms with Gasteiger partial charge in [-0.2, -0.15) is 0 Å². The normalized spacial score (nSPS) is 14.6. The largest absolute Gasteiger partial charge is 0.493 e. The van der Waals surface area contributed by atoms with Gasteiger partial charge in [-0.25, -0.2) is 4.68 Å². The molecule has 10 heteroatoms. The number of benzene rings is 2. The molecule has 1 unspecified atom stereocenters. The van der Waals surface area contributed by atoms with Gasteiger partial charge in [-0.1, -0.05) is 48.7 Å². The summed E-state index contributed by atoms with van der Waals surface area (Å²) < 4.78 is 12.5. The first-order chi connectivity index (χ1) is 19.6. The van der Waals surface area contributed by atoms with Gasteiger partial charge >= 0.3 is 0 Å². The van der Waals surface area contributed by atoms with Gasteiger partial charge in [0.2, 0.25) is 11.8 Å². The van der Waals surface area contributed by atoms with Crippen LogP contribution >= 0.6 is 11.3 Å². The number of thiophene rings is 1. The second-order valence-electron chi connectivity index (χ2n) is 10.0. The Balaban J connectivity index is 1.45. The Morgan fingerprint density at radius 3 is 2.60 bits per heavy atom. The summed E-state index contributed by atoms with van der Waals surface area (Å²) in [4.78, 5) is 30.5. The number of hydrogen-bond acceptors (Lipinski definition) is 7. The van der Waals surface area contributed by atoms with E-state index in [9.17, 15) is 9.59 Å². The summed E-state index contributed by atoms with van der Waals surface area (Å²) in [6, 6.07) is 16.5. The van der Waals surface area contributed by atoms with Gasteiger partial charge in [-0.15, -0.1) is 16.4 Å². The fourth-order valence-corrected chi connectivity index (χ4v) is 6.17. The van der Waals surface area contributed by atoms with Crippen LogP contribution in [-0.4, -0.2) is 58.5 Å². The second kappa shape index (κ2) is 13.0. The van der Waals surface area contributed by atoms with E-state index in [1.54, 1.807) is 23.8 Å². The van der Waals surface area contributed by atoms with E-state index in [2.05, 4.69) is 15.6 Å². The van der Waals surface area contributed by atoms with E-state index < -0.39 is 6.04 Å². The predicted octanol–water partition coefficient (Wildman–Crippen LogP) is 4.77. The third kappa shape index (κ3) is 6.28. The standard InChI is InChI=1S/C30H35N5O4S/c1-38-25-15-14-21(19-26(25)39-2)16-17-34(28(36)20-35-24-12-7-6-11-23(24)32-33-35)29(27-13-8-18-40-27)30(37)31-22-9-4-3-5-10-22/h6-8,11-15,18-19,22,29H,3-5,9-10,16-17,20H2,1-2H3,(H,31,37). The molecule has 2 heterocycles. The van der Waals surface area contributed by atoms with Crippen molar-refractivity contribution in [1.82, 2.24) is 25.2 Å². The molecule has 0 aliphatic heterocycles. The summed E-state index contributed by atoms with van der Waals surface area (Å²) in [6.07, 6.45) is 5.87. The van der Waals surface area contributed by atoms with Crippen LogP contribution in [0.3, 0.4) is 0 Å². The molecule has 40 heavy (non-hydrogen) atoms. The van der Waals surface area contributed by atoms with Crippen LogP contribution in [0.15, 0.2) is 60.0 Å². The Morgan fingerprint density at radius 1 is 1.05 bits per heavy atom. The van der Waals surface area contributed by atoms with Crippen molar-refractivity contribution < 1.29 is 19.1 Å². The van der Waals surface area contributed by atoms with Gasteiger partial charge < -0.3 is 19.7 Å². The zero-order valence-electron chi connectivity index (χ0n) is 22.9. The van der Waals surface area contributed by atoms with E-state index in [1.165, 1.54) is 17.8 Å². The van der Waals surface area contributed by atoms with Crippen LogP contribution in [0.4, 0.5) is 0 Å². The molecule has 2 aromatic heterocycles. The minimum atomic E-state index is -0.746. The molecule has 2 aromatic carbocycles. The van der Waals surface area contributed by atoms with Crippen LogP contribution in [0.2, 0.25) is 0 Å². The van der Waals surface area contributed by atoms with Gasteiger partial charge in [0.25, 0.3) is 0 Å². The summed E-state index contributed by atoms with van der Waals surface area (Å²) in [5.41, 5.74) is 2.46. The second-order valence-corrected chi connectivity index (χ2v) is 11.0. The first kappa shape index (κ1) is 27.6. The zero-order chi connectivity index (χ0) is 27.9. The maximum atomic E-state index is 14.0. The minimum absolute atomic E-state index is 0.0228. The van der Waals surface area contributed by atoms with Gasteiger partial charge in [0.05, 0.1) is 19.7 Å². The molecule has 4 aromatic rings. The first-order valence-corrected chi connectivity index (χ1v) is 14.6. The number of hydrogen-bond donors (Lipinski definition) is 1. The molecule has 0 radical (unpaired) electrons. The molecule has 5 rings (SSSR count). The Hall–Kier alpha value is -3.92. The molecule has 0 bridgehead atoms. The molecule has 1 saturated carbocycles. The molecule has 0 spiro atoms. The van der Waals surface area contributed by atoms with Crippen molar-refractivity contribution in [3.8, 4) is 11.5 Å². The number of amides is 2. The minimum Gasteiger partial charge on any atom is -0.493 e. The monoisotopic (exact) mass is 561 g/mol. The fraction of sp³-hybridized carbons (Fsp3) is 0.400. The van der Waals surface area contributed by atoms with Crippen LogP contribution in [0.25, 0.3) is 11.0 Å². The molecule has 9 nitrogen and oxygen atoms in total. The number of rotatable bonds is 11. The number of carbonyl (C=O) groups is 2. The highest BCUT2D eigenvalue weighted by molar-refractivity contribution is 7.10. The molecule has 2 amide bonds. The number of nitrogens with one attached hydrogen (secondary N) is 1. The van der Waals surface area contributed by atoms with E-state index in [0.717, 1.165) is 47.2 Å². The van der Waals surface area contributed by atoms with Crippen LogP contribution < -0.4 is 14.8 Å². The molecular formula is C30H35N5O4S. The topological polar surface area (TPSA) is 98.6 Å². The number of fused-ring (bicyclic) bond motifs is 1. The summed E-state index contributed by atoms with van der Waals surface area (Å²) in [6.45, 7) is 0.312. The maximum absolute atomic E-state index is 14.0. The SMILES string of the molecule is COc1ccc(CCN(C(=O)Cn2nnc3ccccc32)C(C(=O)NC2CCCCC2)c2cccs2)cc1OC. The molecule has 1 atom stereocenters. The summed E-state index contributed by atoms with van der Waals surface area (Å²) >= 11 is 1.48. The average Bonchev–Trinajstić information content (AvgIpc) is 3.66. The number of carbonyl (C=O) groups excluding carboxylic acids is 2. The van der Waals surface area contributed by atoms with Gasteiger partial charge in [-0.05, 0) is 60.5 Å². The summed E-state index contributed by atoms with van der Waals surface area (Å²) in [5.74, 6) is 0.921. The fourth-order valence-electron chi connectivity index (χ4n) is 5.33. The summed E-state index contributed by atoms with van der Waals surface area (Å²) in [5, 5.41) is 13.6. The highest BCUT2D eigenvalue weighted by Gasteiger charge is 2.34. The average molecular weight is 562 g/mol. The number of ether oxygens (including phenoxy) is 2. The van der Waals surface area contributed by atoms with Crippen molar-refractivity contribution in [3.63, 3.8) is 0 Å². The zero-order valence-corrected chi connectivity index (χ0v) is 23.7. The molecule has 1 aliphatic rings. The highest BCUT2D eigenvalue weighted by atomic mass is 32.1. The van der Waals surface area contributed by atoms with Crippen molar-refractivity contribution in [2.75, 3.05) is 20.8 Å². The number of nitrogens with zero attached hydrogens (tertiary/aromatic N) is 4.